The van der Waals surface area contributed by atoms with E-state index in [4.69, 9.17) is 11.6 Å². The van der Waals surface area contributed by atoms with Gasteiger partial charge in [-0.3, -0.25) is 4.79 Å². The van der Waals surface area contributed by atoms with E-state index in [-0.39, 0.29) is 5.41 Å². The minimum Gasteiger partial charge on any atom is -0.480 e. The molecule has 3 heteroatoms. The van der Waals surface area contributed by atoms with Crippen LogP contribution >= 0.6 is 11.6 Å². The van der Waals surface area contributed by atoms with Crippen LogP contribution in [0.4, 0.5) is 0 Å². The van der Waals surface area contributed by atoms with Crippen molar-refractivity contribution in [1.29, 1.82) is 0 Å². The summed E-state index contributed by atoms with van der Waals surface area (Å²) in [6.45, 7) is 4.69. The highest BCUT2D eigenvalue weighted by Crippen LogP contribution is 2.70. The fourth-order valence-corrected chi connectivity index (χ4v) is 6.32. The molecule has 4 fully saturated rings. The van der Waals surface area contributed by atoms with E-state index in [0.29, 0.717) is 16.7 Å². The van der Waals surface area contributed by atoms with Crippen molar-refractivity contribution in [3.63, 3.8) is 0 Å². The van der Waals surface area contributed by atoms with E-state index in [2.05, 4.69) is 13.8 Å². The molecule has 4 aliphatic rings. The molecular weight excluding hydrogens is 236 g/mol. The molecule has 0 aromatic carbocycles. The van der Waals surface area contributed by atoms with Gasteiger partial charge in [-0.1, -0.05) is 13.8 Å². The quantitative estimate of drug-likeness (QED) is 0.766. The van der Waals surface area contributed by atoms with Crippen molar-refractivity contribution < 1.29 is 9.90 Å². The normalized spacial score (nSPS) is 53.7. The summed E-state index contributed by atoms with van der Waals surface area (Å²) < 4.78 is 0. The molecule has 0 radical (unpaired) electrons. The summed E-state index contributed by atoms with van der Waals surface area (Å²) >= 11 is 6.26. The zero-order chi connectivity index (χ0) is 12.5. The van der Waals surface area contributed by atoms with Crippen LogP contribution in [0.15, 0.2) is 0 Å². The smallest absolute Gasteiger partial charge is 0.322 e. The highest BCUT2D eigenvalue weighted by atomic mass is 35.5. The molecule has 4 aliphatic carbocycles. The molecule has 0 aromatic rings. The number of carboxylic acids is 1. The zero-order valence-corrected chi connectivity index (χ0v) is 11.4. The lowest BCUT2D eigenvalue weighted by atomic mass is 9.40. The lowest BCUT2D eigenvalue weighted by Crippen LogP contribution is -2.59. The number of halogens is 1. The van der Waals surface area contributed by atoms with Crippen molar-refractivity contribution in [2.24, 2.45) is 22.2 Å². The number of hydrogen-bond acceptors (Lipinski definition) is 1. The maximum absolute atomic E-state index is 11.3. The number of carboxylic acid groups (broad SMARTS) is 1. The van der Waals surface area contributed by atoms with Gasteiger partial charge in [-0.05, 0) is 60.7 Å². The second-order valence-corrected chi connectivity index (χ2v) is 8.13. The topological polar surface area (TPSA) is 37.3 Å². The Hall–Kier alpha value is -0.240. The predicted octanol–water partition coefficient (Wildman–Crippen LogP) is 3.68. The first-order valence-corrected chi connectivity index (χ1v) is 7.07. The van der Waals surface area contributed by atoms with Gasteiger partial charge in [-0.25, -0.2) is 0 Å². The number of aliphatic carboxylic acids is 1. The lowest BCUT2D eigenvalue weighted by molar-refractivity contribution is -0.162. The Labute approximate surface area is 108 Å². The Morgan fingerprint density at radius 1 is 1.18 bits per heavy atom. The summed E-state index contributed by atoms with van der Waals surface area (Å²) in [6, 6.07) is 0. The van der Waals surface area contributed by atoms with Crippen LogP contribution in [0.2, 0.25) is 0 Å². The average molecular weight is 257 g/mol. The first-order valence-electron chi connectivity index (χ1n) is 6.63. The molecule has 17 heavy (non-hydrogen) atoms. The molecule has 2 nitrogen and oxygen atoms in total. The van der Waals surface area contributed by atoms with Gasteiger partial charge in [0.2, 0.25) is 0 Å². The highest BCUT2D eigenvalue weighted by molar-refractivity contribution is 6.30. The van der Waals surface area contributed by atoms with Crippen LogP contribution in [0.25, 0.3) is 0 Å². The minimum atomic E-state index is -0.819. The molecule has 4 saturated carbocycles. The fraction of sp³-hybridized carbons (Fsp3) is 0.929. The van der Waals surface area contributed by atoms with Crippen molar-refractivity contribution in [3.05, 3.63) is 0 Å². The Bertz CT molecular complexity index is 360. The van der Waals surface area contributed by atoms with Gasteiger partial charge in [0, 0.05) is 0 Å². The molecule has 4 rings (SSSR count). The van der Waals surface area contributed by atoms with Gasteiger partial charge in [0.1, 0.15) is 5.38 Å². The van der Waals surface area contributed by atoms with Crippen molar-refractivity contribution in [2.45, 2.75) is 57.7 Å². The van der Waals surface area contributed by atoms with Crippen LogP contribution in [0.3, 0.4) is 0 Å². The zero-order valence-electron chi connectivity index (χ0n) is 10.6. The van der Waals surface area contributed by atoms with Crippen molar-refractivity contribution in [3.8, 4) is 0 Å². The highest BCUT2D eigenvalue weighted by Gasteiger charge is 2.63. The number of alkyl halides is 1. The summed E-state index contributed by atoms with van der Waals surface area (Å²) in [7, 11) is 0. The van der Waals surface area contributed by atoms with Gasteiger partial charge in [-0.2, -0.15) is 0 Å². The van der Waals surface area contributed by atoms with Crippen LogP contribution in [0, 0.1) is 22.2 Å². The summed E-state index contributed by atoms with van der Waals surface area (Å²) in [5.74, 6) is -0.109. The monoisotopic (exact) mass is 256 g/mol. The Kier molecular flexibility index (Phi) is 2.23. The van der Waals surface area contributed by atoms with E-state index in [9.17, 15) is 9.90 Å². The molecule has 0 heterocycles. The SMILES string of the molecule is C[C@]12CC3CC([C@H](Cl)C(=O)O)(C1)C[C@](C)(C3)C2. The van der Waals surface area contributed by atoms with Crippen molar-refractivity contribution in [1.82, 2.24) is 0 Å². The third kappa shape index (κ3) is 1.63. The number of hydrogen-bond donors (Lipinski definition) is 1. The summed E-state index contributed by atoms with van der Waals surface area (Å²) in [4.78, 5) is 11.3. The van der Waals surface area contributed by atoms with Gasteiger partial charge in [0.15, 0.2) is 0 Å². The van der Waals surface area contributed by atoms with Crippen LogP contribution in [0.5, 0.6) is 0 Å². The summed E-state index contributed by atoms with van der Waals surface area (Å²) in [5.41, 5.74) is 0.559. The van der Waals surface area contributed by atoms with Crippen LogP contribution < -0.4 is 0 Å². The predicted molar refractivity (Wildman–Crippen MR) is 67.1 cm³/mol. The Morgan fingerprint density at radius 3 is 2.12 bits per heavy atom. The fourth-order valence-electron chi connectivity index (χ4n) is 6.08. The summed E-state index contributed by atoms with van der Waals surface area (Å²) in [5, 5.41) is 8.59. The molecule has 0 aliphatic heterocycles. The van der Waals surface area contributed by atoms with E-state index in [1.807, 2.05) is 0 Å². The Morgan fingerprint density at radius 2 is 1.71 bits per heavy atom. The van der Waals surface area contributed by atoms with Crippen LogP contribution in [0.1, 0.15) is 52.4 Å². The standard InChI is InChI=1S/C14H21ClO2/c1-12-3-9-4-13(2,6-12)8-14(5-9,7-12)10(15)11(16)17/h9-10H,3-8H2,1-2H3,(H,16,17)/t9?,10-,12-,13-,14?/m1/s1. The summed E-state index contributed by atoms with van der Waals surface area (Å²) in [6.07, 6.45) is 6.92. The molecule has 96 valence electrons. The van der Waals surface area contributed by atoms with E-state index < -0.39 is 11.3 Å². The third-order valence-electron chi connectivity index (χ3n) is 5.42. The van der Waals surface area contributed by atoms with Gasteiger partial charge in [-0.15, -0.1) is 11.6 Å². The molecular formula is C14H21ClO2. The van der Waals surface area contributed by atoms with E-state index in [1.54, 1.807) is 0 Å². The van der Waals surface area contributed by atoms with Gasteiger partial charge in [0.05, 0.1) is 0 Å². The largest absolute Gasteiger partial charge is 0.480 e. The molecule has 0 saturated heterocycles. The molecule has 3 atom stereocenters. The second kappa shape index (κ2) is 3.20. The first-order chi connectivity index (χ1) is 7.76. The van der Waals surface area contributed by atoms with E-state index in [0.717, 1.165) is 19.3 Å². The molecule has 4 bridgehead atoms. The maximum atomic E-state index is 11.3. The maximum Gasteiger partial charge on any atom is 0.322 e. The number of rotatable bonds is 2. The average Bonchev–Trinajstić information content (AvgIpc) is 2.10. The first kappa shape index (κ1) is 11.8. The van der Waals surface area contributed by atoms with Crippen molar-refractivity contribution >= 4 is 17.6 Å². The lowest BCUT2D eigenvalue weighted by Gasteiger charge is -2.66. The van der Waals surface area contributed by atoms with Crippen molar-refractivity contribution in [2.75, 3.05) is 0 Å². The number of carbonyl (C=O) groups is 1. The Balaban J connectivity index is 2.00. The van der Waals surface area contributed by atoms with Gasteiger partial charge < -0.3 is 5.11 Å². The van der Waals surface area contributed by atoms with Gasteiger partial charge >= 0.3 is 5.97 Å². The second-order valence-electron chi connectivity index (χ2n) is 7.69. The third-order valence-corrected chi connectivity index (χ3v) is 6.07. The molecule has 0 spiro atoms. The van der Waals surface area contributed by atoms with E-state index >= 15 is 0 Å². The van der Waals surface area contributed by atoms with E-state index in [1.165, 1.54) is 19.3 Å². The molecule has 0 amide bonds. The van der Waals surface area contributed by atoms with Gasteiger partial charge in [0.25, 0.3) is 0 Å². The van der Waals surface area contributed by atoms with Crippen LogP contribution in [-0.2, 0) is 4.79 Å². The molecule has 0 aromatic heterocycles. The molecule has 0 unspecified atom stereocenters. The van der Waals surface area contributed by atoms with Crippen LogP contribution in [-0.4, -0.2) is 16.5 Å². The molecule has 1 N–H and O–H groups in total. The minimum absolute atomic E-state index is 0.129.